The molecule has 4 N–H and O–H groups in total. The van der Waals surface area contributed by atoms with Gasteiger partial charge in [-0.3, -0.25) is 0 Å². The first-order valence-corrected chi connectivity index (χ1v) is 6.76. The minimum absolute atomic E-state index is 0.480. The Kier molecular flexibility index (Phi) is 3.78. The van der Waals surface area contributed by atoms with Crippen LogP contribution in [0.15, 0.2) is 0 Å². The smallest absolute Gasteiger partial charge is 0.162 e. The lowest BCUT2D eigenvalue weighted by atomic mass is 9.75. The Balaban J connectivity index is 1.72. The molecule has 17 heavy (non-hydrogen) atoms. The molecule has 2 saturated carbocycles. The molecule has 2 aliphatic rings. The summed E-state index contributed by atoms with van der Waals surface area (Å²) >= 11 is 0. The molecule has 0 aromatic heterocycles. The zero-order valence-corrected chi connectivity index (χ0v) is 10.3. The van der Waals surface area contributed by atoms with E-state index in [1.807, 2.05) is 0 Å². The molecule has 100 valence electrons. The van der Waals surface area contributed by atoms with Crippen LogP contribution in [0.1, 0.15) is 57.8 Å². The summed E-state index contributed by atoms with van der Waals surface area (Å²) in [6.07, 6.45) is 6.55. The third-order valence-corrected chi connectivity index (χ3v) is 4.48. The molecule has 4 nitrogen and oxygen atoms in total. The first kappa shape index (κ1) is 13.3. The first-order valence-electron chi connectivity index (χ1n) is 6.76. The maximum atomic E-state index is 9.46. The van der Waals surface area contributed by atoms with Gasteiger partial charge in [0.05, 0.1) is 0 Å². The molecule has 0 spiro atoms. The van der Waals surface area contributed by atoms with Crippen LogP contribution in [-0.2, 0) is 0 Å². The third-order valence-electron chi connectivity index (χ3n) is 4.48. The lowest BCUT2D eigenvalue weighted by molar-refractivity contribution is -0.192. The van der Waals surface area contributed by atoms with Crippen LogP contribution in [0.4, 0.5) is 0 Å². The normalized spacial score (nSPS) is 30.4. The molecule has 2 fully saturated rings. The minimum Gasteiger partial charge on any atom is -0.366 e. The molecule has 2 aliphatic carbocycles. The zero-order valence-electron chi connectivity index (χ0n) is 10.3. The van der Waals surface area contributed by atoms with E-state index in [2.05, 4.69) is 0 Å². The van der Waals surface area contributed by atoms with E-state index in [0.29, 0.717) is 37.5 Å². The van der Waals surface area contributed by atoms with Crippen molar-refractivity contribution in [3.63, 3.8) is 0 Å². The quantitative estimate of drug-likeness (QED) is 0.549. The molecule has 0 amide bonds. The first-order chi connectivity index (χ1) is 7.86. The molecule has 0 saturated heterocycles. The molecular weight excluding hydrogens is 220 g/mol. The molecule has 0 aromatic carbocycles. The van der Waals surface area contributed by atoms with E-state index in [1.165, 1.54) is 0 Å². The predicted octanol–water partition coefficient (Wildman–Crippen LogP) is 1.12. The third kappa shape index (κ3) is 3.91. The van der Waals surface area contributed by atoms with Crippen molar-refractivity contribution >= 4 is 0 Å². The maximum Gasteiger partial charge on any atom is 0.162 e. The second-order valence-electron chi connectivity index (χ2n) is 6.09. The van der Waals surface area contributed by atoms with E-state index in [4.69, 9.17) is 0 Å². The van der Waals surface area contributed by atoms with Gasteiger partial charge in [0.25, 0.3) is 0 Å². The fourth-order valence-corrected chi connectivity index (χ4v) is 3.22. The van der Waals surface area contributed by atoms with Crippen molar-refractivity contribution in [2.45, 2.75) is 69.4 Å². The monoisotopic (exact) mass is 244 g/mol. The van der Waals surface area contributed by atoms with Crippen molar-refractivity contribution in [1.82, 2.24) is 0 Å². The van der Waals surface area contributed by atoms with Crippen molar-refractivity contribution in [3.8, 4) is 0 Å². The van der Waals surface area contributed by atoms with Crippen LogP contribution in [0.25, 0.3) is 0 Å². The summed E-state index contributed by atoms with van der Waals surface area (Å²) in [5, 5.41) is 37.8. The Labute approximate surface area is 102 Å². The molecule has 2 rings (SSSR count). The fourth-order valence-electron chi connectivity index (χ4n) is 3.22. The van der Waals surface area contributed by atoms with Crippen molar-refractivity contribution < 1.29 is 20.4 Å². The maximum absolute atomic E-state index is 9.46. The lowest BCUT2D eigenvalue weighted by Gasteiger charge is -2.36. The Bertz CT molecular complexity index is 216. The molecule has 0 aliphatic heterocycles. The zero-order chi connectivity index (χ0) is 12.5. The minimum atomic E-state index is -1.44. The summed E-state index contributed by atoms with van der Waals surface area (Å²) in [4.78, 5) is 0. The average Bonchev–Trinajstić information content (AvgIpc) is 2.24. The summed E-state index contributed by atoms with van der Waals surface area (Å²) in [5.41, 5.74) is 0. The van der Waals surface area contributed by atoms with Gasteiger partial charge in [-0.15, -0.1) is 0 Å². The van der Waals surface area contributed by atoms with Crippen LogP contribution in [0, 0.1) is 11.8 Å². The Morgan fingerprint density at radius 3 is 1.24 bits per heavy atom. The van der Waals surface area contributed by atoms with Gasteiger partial charge in [0.15, 0.2) is 11.6 Å². The molecule has 0 radical (unpaired) electrons. The number of rotatable bonds is 2. The molecular formula is C13H24O4. The highest BCUT2D eigenvalue weighted by molar-refractivity contribution is 4.82. The largest absolute Gasteiger partial charge is 0.366 e. The highest BCUT2D eigenvalue weighted by atomic mass is 16.5. The van der Waals surface area contributed by atoms with Gasteiger partial charge >= 0.3 is 0 Å². The van der Waals surface area contributed by atoms with Gasteiger partial charge in [-0.05, 0) is 43.9 Å². The average molecular weight is 244 g/mol. The molecule has 0 bridgehead atoms. The van der Waals surface area contributed by atoms with Crippen LogP contribution in [0.3, 0.4) is 0 Å². The van der Waals surface area contributed by atoms with Crippen molar-refractivity contribution in [2.75, 3.05) is 0 Å². The van der Waals surface area contributed by atoms with Gasteiger partial charge in [0, 0.05) is 25.7 Å². The summed E-state index contributed by atoms with van der Waals surface area (Å²) < 4.78 is 0. The van der Waals surface area contributed by atoms with Crippen LogP contribution >= 0.6 is 0 Å². The summed E-state index contributed by atoms with van der Waals surface area (Å²) in [5.74, 6) is -1.71. The van der Waals surface area contributed by atoms with E-state index >= 15 is 0 Å². The predicted molar refractivity (Wildman–Crippen MR) is 62.9 cm³/mol. The van der Waals surface area contributed by atoms with E-state index < -0.39 is 11.6 Å². The highest BCUT2D eigenvalue weighted by Crippen LogP contribution is 2.39. The van der Waals surface area contributed by atoms with Gasteiger partial charge in [-0.2, -0.15) is 0 Å². The molecule has 0 atom stereocenters. The van der Waals surface area contributed by atoms with Crippen molar-refractivity contribution in [3.05, 3.63) is 0 Å². The fraction of sp³-hybridized carbons (Fsp3) is 1.00. The van der Waals surface area contributed by atoms with E-state index in [0.717, 1.165) is 32.1 Å². The standard InChI is InChI=1S/C13H24O4/c14-12(15)5-1-10(2-6-12)9-11-3-7-13(16,17)8-4-11/h10-11,14-17H,1-9H2. The number of aliphatic hydroxyl groups is 4. The van der Waals surface area contributed by atoms with Gasteiger partial charge in [-0.1, -0.05) is 0 Å². The molecule has 0 aromatic rings. The second kappa shape index (κ2) is 4.84. The molecule has 0 unspecified atom stereocenters. The molecule has 0 heterocycles. The van der Waals surface area contributed by atoms with Crippen molar-refractivity contribution in [2.24, 2.45) is 11.8 Å². The SMILES string of the molecule is OC1(O)CCC(CC2CCC(O)(O)CC2)CC1. The number of hydrogen-bond donors (Lipinski definition) is 4. The Morgan fingerprint density at radius 1 is 0.647 bits per heavy atom. The topological polar surface area (TPSA) is 80.9 Å². The lowest BCUT2D eigenvalue weighted by Crippen LogP contribution is -2.36. The van der Waals surface area contributed by atoms with Gasteiger partial charge in [0.1, 0.15) is 0 Å². The van der Waals surface area contributed by atoms with E-state index in [9.17, 15) is 20.4 Å². The van der Waals surface area contributed by atoms with Crippen LogP contribution in [0.2, 0.25) is 0 Å². The Hall–Kier alpha value is -0.160. The summed E-state index contributed by atoms with van der Waals surface area (Å²) in [6.45, 7) is 0. The van der Waals surface area contributed by atoms with Crippen molar-refractivity contribution in [1.29, 1.82) is 0 Å². The van der Waals surface area contributed by atoms with Crippen LogP contribution in [0.5, 0.6) is 0 Å². The summed E-state index contributed by atoms with van der Waals surface area (Å²) in [7, 11) is 0. The number of hydrogen-bond acceptors (Lipinski definition) is 4. The molecule has 4 heteroatoms. The highest BCUT2D eigenvalue weighted by Gasteiger charge is 2.34. The van der Waals surface area contributed by atoms with Crippen LogP contribution < -0.4 is 0 Å². The summed E-state index contributed by atoms with van der Waals surface area (Å²) in [6, 6.07) is 0. The van der Waals surface area contributed by atoms with Gasteiger partial charge in [0.2, 0.25) is 0 Å². The van der Waals surface area contributed by atoms with Gasteiger partial charge < -0.3 is 20.4 Å². The Morgan fingerprint density at radius 2 is 0.941 bits per heavy atom. The van der Waals surface area contributed by atoms with Crippen LogP contribution in [-0.4, -0.2) is 32.0 Å². The second-order valence-corrected chi connectivity index (χ2v) is 6.09. The van der Waals surface area contributed by atoms with E-state index in [1.54, 1.807) is 0 Å². The van der Waals surface area contributed by atoms with E-state index in [-0.39, 0.29) is 0 Å². The van der Waals surface area contributed by atoms with Gasteiger partial charge in [-0.25, -0.2) is 0 Å².